The van der Waals surface area contributed by atoms with Gasteiger partial charge in [0.25, 0.3) is 0 Å². The lowest BCUT2D eigenvalue weighted by atomic mass is 10.1. The Morgan fingerprint density at radius 3 is 2.62 bits per heavy atom. The molecule has 1 aromatic heterocycles. The standard InChI is InChI=1S/C16H22N4O/c1-11(2)20-10-16(9-17-20)18-12(3)14-6-5-7-15(8-14)19-13(4)21/h5-12,18H,1-4H3,(H,19,21). The summed E-state index contributed by atoms with van der Waals surface area (Å²) < 4.78 is 1.92. The van der Waals surface area contributed by atoms with Gasteiger partial charge in [-0.1, -0.05) is 12.1 Å². The van der Waals surface area contributed by atoms with Crippen molar-refractivity contribution in [1.29, 1.82) is 0 Å². The third kappa shape index (κ3) is 4.08. The fourth-order valence-corrected chi connectivity index (χ4v) is 2.12. The van der Waals surface area contributed by atoms with E-state index in [9.17, 15) is 4.79 Å². The van der Waals surface area contributed by atoms with Crippen molar-refractivity contribution < 1.29 is 4.79 Å². The van der Waals surface area contributed by atoms with Crippen LogP contribution in [-0.2, 0) is 4.79 Å². The molecule has 21 heavy (non-hydrogen) atoms. The lowest BCUT2D eigenvalue weighted by Crippen LogP contribution is -2.09. The van der Waals surface area contributed by atoms with E-state index >= 15 is 0 Å². The SMILES string of the molecule is CC(=O)Nc1cccc(C(C)Nc2cnn(C(C)C)c2)c1. The van der Waals surface area contributed by atoms with Gasteiger partial charge < -0.3 is 10.6 Å². The third-order valence-corrected chi connectivity index (χ3v) is 3.22. The van der Waals surface area contributed by atoms with Crippen LogP contribution in [0.1, 0.15) is 45.3 Å². The molecule has 112 valence electrons. The van der Waals surface area contributed by atoms with E-state index in [0.29, 0.717) is 6.04 Å². The summed E-state index contributed by atoms with van der Waals surface area (Å²) in [7, 11) is 0. The Kier molecular flexibility index (Phi) is 4.62. The number of rotatable bonds is 5. The van der Waals surface area contributed by atoms with E-state index < -0.39 is 0 Å². The smallest absolute Gasteiger partial charge is 0.221 e. The van der Waals surface area contributed by atoms with Gasteiger partial charge in [-0.2, -0.15) is 5.10 Å². The van der Waals surface area contributed by atoms with Crippen LogP contribution < -0.4 is 10.6 Å². The molecule has 0 bridgehead atoms. The van der Waals surface area contributed by atoms with Crippen LogP contribution >= 0.6 is 0 Å². The van der Waals surface area contributed by atoms with E-state index in [1.54, 1.807) is 0 Å². The van der Waals surface area contributed by atoms with Crippen LogP contribution in [0.2, 0.25) is 0 Å². The van der Waals surface area contributed by atoms with E-state index in [0.717, 1.165) is 16.9 Å². The van der Waals surface area contributed by atoms with Crippen LogP contribution in [0.25, 0.3) is 0 Å². The van der Waals surface area contributed by atoms with Crippen molar-refractivity contribution in [2.75, 3.05) is 10.6 Å². The second kappa shape index (κ2) is 6.43. The fraction of sp³-hybridized carbons (Fsp3) is 0.375. The molecule has 1 amide bonds. The first-order chi connectivity index (χ1) is 9.95. The maximum Gasteiger partial charge on any atom is 0.221 e. The number of nitrogens with one attached hydrogen (secondary N) is 2. The van der Waals surface area contributed by atoms with Crippen molar-refractivity contribution in [2.45, 2.75) is 39.8 Å². The van der Waals surface area contributed by atoms with E-state index in [4.69, 9.17) is 0 Å². The highest BCUT2D eigenvalue weighted by Crippen LogP contribution is 2.22. The van der Waals surface area contributed by atoms with Gasteiger partial charge >= 0.3 is 0 Å². The van der Waals surface area contributed by atoms with Crippen molar-refractivity contribution in [1.82, 2.24) is 9.78 Å². The first kappa shape index (κ1) is 15.1. The summed E-state index contributed by atoms with van der Waals surface area (Å²) in [5.41, 5.74) is 2.91. The molecule has 1 aromatic carbocycles. The minimum absolute atomic E-state index is 0.0639. The predicted molar refractivity (Wildman–Crippen MR) is 85.4 cm³/mol. The molecule has 0 saturated carbocycles. The Morgan fingerprint density at radius 2 is 2.00 bits per heavy atom. The van der Waals surface area contributed by atoms with Gasteiger partial charge in [-0.3, -0.25) is 9.48 Å². The van der Waals surface area contributed by atoms with Gasteiger partial charge in [-0.15, -0.1) is 0 Å². The Labute approximate surface area is 125 Å². The van der Waals surface area contributed by atoms with Crippen LogP contribution in [0.15, 0.2) is 36.7 Å². The van der Waals surface area contributed by atoms with E-state index in [1.807, 2.05) is 41.3 Å². The van der Waals surface area contributed by atoms with Crippen LogP contribution in [-0.4, -0.2) is 15.7 Å². The van der Waals surface area contributed by atoms with Crippen molar-refractivity contribution in [3.05, 3.63) is 42.2 Å². The second-order valence-corrected chi connectivity index (χ2v) is 5.48. The number of carbonyl (C=O) groups is 1. The minimum atomic E-state index is -0.0639. The summed E-state index contributed by atoms with van der Waals surface area (Å²) >= 11 is 0. The van der Waals surface area contributed by atoms with Crippen LogP contribution in [0.5, 0.6) is 0 Å². The molecular formula is C16H22N4O. The molecule has 5 heteroatoms. The molecule has 1 unspecified atom stereocenters. The molecule has 1 heterocycles. The van der Waals surface area contributed by atoms with Crippen molar-refractivity contribution in [2.24, 2.45) is 0 Å². The Bertz CT molecular complexity index is 618. The highest BCUT2D eigenvalue weighted by atomic mass is 16.1. The molecule has 2 N–H and O–H groups in total. The largest absolute Gasteiger partial charge is 0.376 e. The van der Waals surface area contributed by atoms with Crippen molar-refractivity contribution >= 4 is 17.3 Å². The molecule has 1 atom stereocenters. The zero-order chi connectivity index (χ0) is 15.4. The summed E-state index contributed by atoms with van der Waals surface area (Å²) in [5.74, 6) is -0.0639. The molecule has 0 aliphatic rings. The minimum Gasteiger partial charge on any atom is -0.376 e. The first-order valence-corrected chi connectivity index (χ1v) is 7.14. The van der Waals surface area contributed by atoms with Crippen LogP contribution in [0.3, 0.4) is 0 Å². The molecule has 0 aliphatic carbocycles. The normalized spacial score (nSPS) is 12.2. The molecule has 2 aromatic rings. The molecule has 0 spiro atoms. The van der Waals surface area contributed by atoms with Gasteiger partial charge in [0.2, 0.25) is 5.91 Å². The highest BCUT2D eigenvalue weighted by Gasteiger charge is 2.08. The number of hydrogen-bond acceptors (Lipinski definition) is 3. The first-order valence-electron chi connectivity index (χ1n) is 7.14. The number of benzene rings is 1. The number of amides is 1. The van der Waals surface area contributed by atoms with Crippen molar-refractivity contribution in [3.8, 4) is 0 Å². The van der Waals surface area contributed by atoms with E-state index in [2.05, 4.69) is 36.5 Å². The summed E-state index contributed by atoms with van der Waals surface area (Å²) in [5, 5.41) is 10.5. The number of aromatic nitrogens is 2. The molecule has 5 nitrogen and oxygen atoms in total. The van der Waals surface area contributed by atoms with Gasteiger partial charge in [-0.05, 0) is 38.5 Å². The summed E-state index contributed by atoms with van der Waals surface area (Å²) in [6.45, 7) is 7.78. The maximum atomic E-state index is 11.1. The molecule has 2 rings (SSSR count). The Balaban J connectivity index is 2.08. The highest BCUT2D eigenvalue weighted by molar-refractivity contribution is 5.88. The number of hydrogen-bond donors (Lipinski definition) is 2. The fourth-order valence-electron chi connectivity index (χ4n) is 2.12. The van der Waals surface area contributed by atoms with Gasteiger partial charge in [0.1, 0.15) is 0 Å². The average molecular weight is 286 g/mol. The molecule has 0 saturated heterocycles. The average Bonchev–Trinajstić information content (AvgIpc) is 2.87. The molecule has 0 aliphatic heterocycles. The molecule has 0 radical (unpaired) electrons. The summed E-state index contributed by atoms with van der Waals surface area (Å²) in [6, 6.07) is 8.31. The quantitative estimate of drug-likeness (QED) is 0.883. The zero-order valence-corrected chi connectivity index (χ0v) is 12.9. The summed E-state index contributed by atoms with van der Waals surface area (Å²) in [6.07, 6.45) is 3.83. The van der Waals surface area contributed by atoms with Gasteiger partial charge in [0.15, 0.2) is 0 Å². The Morgan fingerprint density at radius 1 is 1.24 bits per heavy atom. The van der Waals surface area contributed by atoms with Crippen molar-refractivity contribution in [3.63, 3.8) is 0 Å². The zero-order valence-electron chi connectivity index (χ0n) is 12.9. The molecule has 0 fully saturated rings. The lowest BCUT2D eigenvalue weighted by Gasteiger charge is -2.15. The maximum absolute atomic E-state index is 11.1. The second-order valence-electron chi connectivity index (χ2n) is 5.48. The monoisotopic (exact) mass is 286 g/mol. The van der Waals surface area contributed by atoms with Gasteiger partial charge in [-0.25, -0.2) is 0 Å². The summed E-state index contributed by atoms with van der Waals surface area (Å²) in [4.78, 5) is 11.1. The number of anilines is 2. The number of carbonyl (C=O) groups excluding carboxylic acids is 1. The van der Waals surface area contributed by atoms with E-state index in [1.165, 1.54) is 6.92 Å². The van der Waals surface area contributed by atoms with Crippen LogP contribution in [0, 0.1) is 0 Å². The lowest BCUT2D eigenvalue weighted by molar-refractivity contribution is -0.114. The topological polar surface area (TPSA) is 59.0 Å². The van der Waals surface area contributed by atoms with Gasteiger partial charge in [0, 0.05) is 30.9 Å². The third-order valence-electron chi connectivity index (χ3n) is 3.22. The molecular weight excluding hydrogens is 264 g/mol. The number of nitrogens with zero attached hydrogens (tertiary/aromatic N) is 2. The van der Waals surface area contributed by atoms with Gasteiger partial charge in [0.05, 0.1) is 11.9 Å². The van der Waals surface area contributed by atoms with E-state index in [-0.39, 0.29) is 11.9 Å². The van der Waals surface area contributed by atoms with Crippen LogP contribution in [0.4, 0.5) is 11.4 Å². The predicted octanol–water partition coefficient (Wildman–Crippen LogP) is 3.60. The Hall–Kier alpha value is -2.30.